The normalized spacial score (nSPS) is 12.3. The van der Waals surface area contributed by atoms with Crippen molar-refractivity contribution in [2.45, 2.75) is 33.7 Å². The van der Waals surface area contributed by atoms with Crippen molar-refractivity contribution in [3.05, 3.63) is 63.7 Å². The van der Waals surface area contributed by atoms with E-state index in [9.17, 15) is 0 Å². The minimum atomic E-state index is -0.0829. The van der Waals surface area contributed by atoms with Crippen LogP contribution in [0.1, 0.15) is 39.4 Å². The number of nitrogens with one attached hydrogen (secondary N) is 1. The van der Waals surface area contributed by atoms with Crippen molar-refractivity contribution >= 4 is 0 Å². The van der Waals surface area contributed by atoms with Gasteiger partial charge in [0.05, 0.1) is 13.2 Å². The van der Waals surface area contributed by atoms with Gasteiger partial charge in [0.15, 0.2) is 0 Å². The molecule has 0 saturated carbocycles. The third-order valence-electron chi connectivity index (χ3n) is 3.89. The maximum atomic E-state index is 5.88. The van der Waals surface area contributed by atoms with Gasteiger partial charge < -0.3 is 4.74 Å². The Kier molecular flexibility index (Phi) is 4.66. The maximum Gasteiger partial charge on any atom is 0.124 e. The molecule has 0 aliphatic rings. The predicted octanol–water partition coefficient (Wildman–Crippen LogP) is 3.48. The highest BCUT2D eigenvalue weighted by molar-refractivity contribution is 5.49. The molecule has 0 heterocycles. The topological polar surface area (TPSA) is 47.3 Å². The molecule has 0 aliphatic heterocycles. The molecule has 3 nitrogen and oxygen atoms in total. The molecule has 3 N–H and O–H groups in total. The first-order chi connectivity index (χ1) is 9.97. The van der Waals surface area contributed by atoms with Crippen molar-refractivity contribution in [2.75, 3.05) is 7.11 Å². The number of rotatable bonds is 4. The van der Waals surface area contributed by atoms with Crippen LogP contribution in [-0.4, -0.2) is 7.11 Å². The van der Waals surface area contributed by atoms with E-state index in [1.54, 1.807) is 7.11 Å². The van der Waals surface area contributed by atoms with E-state index in [1.807, 2.05) is 12.1 Å². The first-order valence-corrected chi connectivity index (χ1v) is 7.16. The van der Waals surface area contributed by atoms with Gasteiger partial charge in [-0.25, -0.2) is 5.43 Å². The van der Waals surface area contributed by atoms with Crippen LogP contribution in [-0.2, 0) is 0 Å². The summed E-state index contributed by atoms with van der Waals surface area (Å²) in [4.78, 5) is 0. The van der Waals surface area contributed by atoms with Crippen LogP contribution in [0.5, 0.6) is 5.75 Å². The molecular weight excluding hydrogens is 260 g/mol. The van der Waals surface area contributed by atoms with Crippen LogP contribution in [0.2, 0.25) is 0 Å². The van der Waals surface area contributed by atoms with Gasteiger partial charge in [-0.05, 0) is 50.5 Å². The second-order valence-electron chi connectivity index (χ2n) is 5.66. The second kappa shape index (κ2) is 6.29. The van der Waals surface area contributed by atoms with E-state index in [4.69, 9.17) is 10.6 Å². The van der Waals surface area contributed by atoms with Gasteiger partial charge in [0.25, 0.3) is 0 Å². The molecule has 2 aromatic rings. The summed E-state index contributed by atoms with van der Waals surface area (Å²) in [6.07, 6.45) is 0. The molecule has 0 spiro atoms. The van der Waals surface area contributed by atoms with Crippen molar-refractivity contribution in [1.29, 1.82) is 0 Å². The number of nitrogens with two attached hydrogens (primary N) is 1. The Morgan fingerprint density at radius 3 is 2.10 bits per heavy atom. The molecule has 0 aliphatic carbocycles. The van der Waals surface area contributed by atoms with Crippen LogP contribution >= 0.6 is 0 Å². The minimum Gasteiger partial charge on any atom is -0.496 e. The Balaban J connectivity index is 2.63. The smallest absolute Gasteiger partial charge is 0.124 e. The summed E-state index contributed by atoms with van der Waals surface area (Å²) >= 11 is 0. The molecule has 2 rings (SSSR count). The van der Waals surface area contributed by atoms with Gasteiger partial charge >= 0.3 is 0 Å². The highest BCUT2D eigenvalue weighted by Crippen LogP contribution is 2.34. The van der Waals surface area contributed by atoms with E-state index in [1.165, 1.54) is 27.8 Å². The molecule has 1 unspecified atom stereocenters. The lowest BCUT2D eigenvalue weighted by Crippen LogP contribution is -2.30. The molecule has 3 heteroatoms. The number of aryl methyl sites for hydroxylation is 4. The molecule has 0 fully saturated rings. The highest BCUT2D eigenvalue weighted by Gasteiger charge is 2.21. The van der Waals surface area contributed by atoms with E-state index in [0.717, 1.165) is 11.3 Å². The van der Waals surface area contributed by atoms with Crippen LogP contribution in [0.3, 0.4) is 0 Å². The number of hydrogen-bond acceptors (Lipinski definition) is 3. The molecule has 0 amide bonds. The summed E-state index contributed by atoms with van der Waals surface area (Å²) in [5.41, 5.74) is 10.2. The van der Waals surface area contributed by atoms with Crippen LogP contribution < -0.4 is 16.0 Å². The van der Waals surface area contributed by atoms with E-state index in [-0.39, 0.29) is 6.04 Å². The maximum absolute atomic E-state index is 5.88. The lowest BCUT2D eigenvalue weighted by Gasteiger charge is -2.24. The van der Waals surface area contributed by atoms with Gasteiger partial charge in [-0.15, -0.1) is 0 Å². The summed E-state index contributed by atoms with van der Waals surface area (Å²) in [6.45, 7) is 8.44. The molecule has 0 saturated heterocycles. The molecule has 112 valence electrons. The van der Waals surface area contributed by atoms with Crippen molar-refractivity contribution in [3.63, 3.8) is 0 Å². The third kappa shape index (κ3) is 3.09. The fraction of sp³-hybridized carbons (Fsp3) is 0.333. The summed E-state index contributed by atoms with van der Waals surface area (Å²) in [7, 11) is 1.69. The van der Waals surface area contributed by atoms with Crippen molar-refractivity contribution in [2.24, 2.45) is 5.84 Å². The molecule has 0 bridgehead atoms. The molecule has 21 heavy (non-hydrogen) atoms. The molecule has 0 radical (unpaired) electrons. The van der Waals surface area contributed by atoms with Crippen LogP contribution in [0.15, 0.2) is 30.3 Å². The van der Waals surface area contributed by atoms with Gasteiger partial charge in [-0.2, -0.15) is 0 Å². The number of methoxy groups -OCH3 is 1. The van der Waals surface area contributed by atoms with E-state index >= 15 is 0 Å². The summed E-state index contributed by atoms with van der Waals surface area (Å²) in [5, 5.41) is 0. The lowest BCUT2D eigenvalue weighted by molar-refractivity contribution is 0.404. The van der Waals surface area contributed by atoms with Crippen molar-refractivity contribution in [3.8, 4) is 5.75 Å². The number of hydrogen-bond donors (Lipinski definition) is 2. The standard InChI is InChI=1S/C18H24N2O/c1-11-6-7-16(21-5)15(10-11)18(20-19)17-13(3)8-12(2)9-14(17)4/h6-10,18,20H,19H2,1-5H3. The molecule has 1 atom stereocenters. The SMILES string of the molecule is COc1ccc(C)cc1C(NN)c1c(C)cc(C)cc1C. The Bertz CT molecular complexity index is 627. The summed E-state index contributed by atoms with van der Waals surface area (Å²) in [5.74, 6) is 6.73. The van der Waals surface area contributed by atoms with Gasteiger partial charge in [0, 0.05) is 5.56 Å². The largest absolute Gasteiger partial charge is 0.496 e. The highest BCUT2D eigenvalue weighted by atomic mass is 16.5. The quantitative estimate of drug-likeness (QED) is 0.667. The summed E-state index contributed by atoms with van der Waals surface area (Å²) < 4.78 is 5.51. The van der Waals surface area contributed by atoms with Crippen molar-refractivity contribution < 1.29 is 4.74 Å². The predicted molar refractivity (Wildman–Crippen MR) is 87.6 cm³/mol. The zero-order chi connectivity index (χ0) is 15.6. The van der Waals surface area contributed by atoms with Crippen LogP contribution in [0.25, 0.3) is 0 Å². The Morgan fingerprint density at radius 2 is 1.57 bits per heavy atom. The monoisotopic (exact) mass is 284 g/mol. The first kappa shape index (κ1) is 15.5. The third-order valence-corrected chi connectivity index (χ3v) is 3.89. The summed E-state index contributed by atoms with van der Waals surface area (Å²) in [6, 6.07) is 10.5. The zero-order valence-electron chi connectivity index (χ0n) is 13.4. The number of ether oxygens (including phenoxy) is 1. The lowest BCUT2D eigenvalue weighted by atomic mass is 9.89. The Morgan fingerprint density at radius 1 is 0.952 bits per heavy atom. The Hall–Kier alpha value is -1.84. The number of benzene rings is 2. The van der Waals surface area contributed by atoms with Gasteiger partial charge in [-0.3, -0.25) is 5.84 Å². The fourth-order valence-corrected chi connectivity index (χ4v) is 3.05. The minimum absolute atomic E-state index is 0.0829. The average molecular weight is 284 g/mol. The van der Waals surface area contributed by atoms with E-state index in [0.29, 0.717) is 0 Å². The second-order valence-corrected chi connectivity index (χ2v) is 5.66. The van der Waals surface area contributed by atoms with E-state index in [2.05, 4.69) is 51.3 Å². The Labute approximate surface area is 127 Å². The molecule has 2 aromatic carbocycles. The molecular formula is C18H24N2O. The van der Waals surface area contributed by atoms with Gasteiger partial charge in [-0.1, -0.05) is 35.4 Å². The van der Waals surface area contributed by atoms with Gasteiger partial charge in [0.1, 0.15) is 5.75 Å². The van der Waals surface area contributed by atoms with Crippen LogP contribution in [0.4, 0.5) is 0 Å². The zero-order valence-corrected chi connectivity index (χ0v) is 13.4. The molecule has 0 aromatic heterocycles. The van der Waals surface area contributed by atoms with E-state index < -0.39 is 0 Å². The number of hydrazine groups is 1. The van der Waals surface area contributed by atoms with Crippen molar-refractivity contribution in [1.82, 2.24) is 5.43 Å². The van der Waals surface area contributed by atoms with Gasteiger partial charge in [0.2, 0.25) is 0 Å². The fourth-order valence-electron chi connectivity index (χ4n) is 3.05. The average Bonchev–Trinajstić information content (AvgIpc) is 2.42. The van der Waals surface area contributed by atoms with Crippen LogP contribution in [0, 0.1) is 27.7 Å². The first-order valence-electron chi connectivity index (χ1n) is 7.16.